The standard InChI is InChI=1S/C10H14N4O2/c1-9(2,6-11)13-14-10(3,7-12)5-4-8(15)16/h4-5H2,1-3H3,(H,15,16)/t10-/m0/s1. The third-order valence-corrected chi connectivity index (χ3v) is 1.86. The molecule has 1 atom stereocenters. The monoisotopic (exact) mass is 222 g/mol. The van der Waals surface area contributed by atoms with Crippen molar-refractivity contribution in [3.05, 3.63) is 0 Å². The van der Waals surface area contributed by atoms with Gasteiger partial charge in [-0.15, -0.1) is 0 Å². The molecular formula is C10H14N4O2. The number of carboxylic acids is 1. The first-order valence-electron chi connectivity index (χ1n) is 4.73. The fourth-order valence-electron chi connectivity index (χ4n) is 0.736. The van der Waals surface area contributed by atoms with Crippen LogP contribution in [0, 0.1) is 22.7 Å². The Balaban J connectivity index is 4.69. The third kappa shape index (κ3) is 5.06. The highest BCUT2D eigenvalue weighted by Crippen LogP contribution is 2.20. The van der Waals surface area contributed by atoms with Crippen molar-refractivity contribution >= 4 is 5.97 Å². The van der Waals surface area contributed by atoms with Crippen LogP contribution in [-0.4, -0.2) is 22.2 Å². The van der Waals surface area contributed by atoms with Gasteiger partial charge in [0.2, 0.25) is 0 Å². The molecule has 0 aromatic carbocycles. The van der Waals surface area contributed by atoms with Gasteiger partial charge in [-0.3, -0.25) is 4.79 Å². The molecule has 0 aliphatic heterocycles. The van der Waals surface area contributed by atoms with Gasteiger partial charge >= 0.3 is 5.97 Å². The Hall–Kier alpha value is -1.95. The van der Waals surface area contributed by atoms with Crippen LogP contribution in [0.15, 0.2) is 10.2 Å². The Morgan fingerprint density at radius 2 is 1.81 bits per heavy atom. The lowest BCUT2D eigenvalue weighted by Crippen LogP contribution is -2.22. The molecule has 0 fully saturated rings. The summed E-state index contributed by atoms with van der Waals surface area (Å²) in [6.45, 7) is 4.61. The molecule has 1 N–H and O–H groups in total. The quantitative estimate of drug-likeness (QED) is 0.716. The average Bonchev–Trinajstić information content (AvgIpc) is 2.24. The largest absolute Gasteiger partial charge is 0.481 e. The van der Waals surface area contributed by atoms with Crippen molar-refractivity contribution < 1.29 is 9.90 Å². The molecule has 0 heterocycles. The lowest BCUT2D eigenvalue weighted by atomic mass is 9.99. The highest BCUT2D eigenvalue weighted by molar-refractivity contribution is 5.66. The van der Waals surface area contributed by atoms with Crippen molar-refractivity contribution in [2.75, 3.05) is 0 Å². The second-order valence-corrected chi connectivity index (χ2v) is 4.15. The van der Waals surface area contributed by atoms with E-state index in [0.29, 0.717) is 0 Å². The summed E-state index contributed by atoms with van der Waals surface area (Å²) >= 11 is 0. The summed E-state index contributed by atoms with van der Waals surface area (Å²) < 4.78 is 0. The summed E-state index contributed by atoms with van der Waals surface area (Å²) in [5.41, 5.74) is -2.19. The van der Waals surface area contributed by atoms with E-state index in [9.17, 15) is 4.79 Å². The number of azo groups is 1. The van der Waals surface area contributed by atoms with Crippen LogP contribution in [0.1, 0.15) is 33.6 Å². The van der Waals surface area contributed by atoms with Crippen molar-refractivity contribution in [1.82, 2.24) is 0 Å². The number of rotatable bonds is 5. The maximum atomic E-state index is 10.4. The summed E-state index contributed by atoms with van der Waals surface area (Å²) in [5.74, 6) is -0.990. The number of aliphatic carboxylic acids is 1. The topological polar surface area (TPSA) is 110 Å². The van der Waals surface area contributed by atoms with Gasteiger partial charge in [-0.2, -0.15) is 20.8 Å². The number of nitrogens with zero attached hydrogens (tertiary/aromatic N) is 4. The first kappa shape index (κ1) is 14.1. The van der Waals surface area contributed by atoms with E-state index in [-0.39, 0.29) is 12.8 Å². The van der Waals surface area contributed by atoms with E-state index < -0.39 is 17.0 Å². The first-order valence-corrected chi connectivity index (χ1v) is 4.73. The average molecular weight is 222 g/mol. The van der Waals surface area contributed by atoms with E-state index in [0.717, 1.165) is 0 Å². The first-order chi connectivity index (χ1) is 7.24. The van der Waals surface area contributed by atoms with E-state index in [2.05, 4.69) is 10.2 Å². The minimum absolute atomic E-state index is 0.0733. The van der Waals surface area contributed by atoms with E-state index >= 15 is 0 Å². The van der Waals surface area contributed by atoms with Crippen molar-refractivity contribution in [3.8, 4) is 12.1 Å². The van der Waals surface area contributed by atoms with Crippen LogP contribution in [0.2, 0.25) is 0 Å². The van der Waals surface area contributed by atoms with Crippen LogP contribution < -0.4 is 0 Å². The molecule has 0 saturated heterocycles. The minimum atomic E-state index is -1.19. The van der Waals surface area contributed by atoms with Crippen LogP contribution in [0.5, 0.6) is 0 Å². The van der Waals surface area contributed by atoms with Gasteiger partial charge in [-0.25, -0.2) is 0 Å². The number of carbonyl (C=O) groups is 1. The Bertz CT molecular complexity index is 375. The lowest BCUT2D eigenvalue weighted by molar-refractivity contribution is -0.137. The summed E-state index contributed by atoms with van der Waals surface area (Å²) in [4.78, 5) is 10.4. The molecule has 0 aliphatic rings. The molecule has 0 amide bonds. The van der Waals surface area contributed by atoms with Gasteiger partial charge in [0.05, 0.1) is 12.1 Å². The Morgan fingerprint density at radius 1 is 1.25 bits per heavy atom. The summed E-state index contributed by atoms with van der Waals surface area (Å²) in [6.07, 6.45) is -0.0834. The van der Waals surface area contributed by atoms with Gasteiger partial charge < -0.3 is 5.11 Å². The van der Waals surface area contributed by atoms with Crippen LogP contribution in [0.4, 0.5) is 0 Å². The summed E-state index contributed by atoms with van der Waals surface area (Å²) in [6, 6.07) is 3.81. The van der Waals surface area contributed by atoms with Gasteiger partial charge in [0.25, 0.3) is 0 Å². The second kappa shape index (κ2) is 5.22. The molecule has 0 aromatic rings. The molecule has 0 spiro atoms. The zero-order valence-electron chi connectivity index (χ0n) is 9.56. The summed E-state index contributed by atoms with van der Waals surface area (Å²) in [7, 11) is 0. The van der Waals surface area contributed by atoms with Gasteiger partial charge in [-0.05, 0) is 27.2 Å². The minimum Gasteiger partial charge on any atom is -0.481 e. The van der Waals surface area contributed by atoms with Crippen LogP contribution >= 0.6 is 0 Å². The van der Waals surface area contributed by atoms with E-state index in [1.807, 2.05) is 12.1 Å². The van der Waals surface area contributed by atoms with Crippen LogP contribution in [0.3, 0.4) is 0 Å². The molecule has 0 aliphatic carbocycles. The maximum absolute atomic E-state index is 10.4. The van der Waals surface area contributed by atoms with Crippen LogP contribution in [0.25, 0.3) is 0 Å². The second-order valence-electron chi connectivity index (χ2n) is 4.15. The van der Waals surface area contributed by atoms with Gasteiger partial charge in [0.1, 0.15) is 0 Å². The highest BCUT2D eigenvalue weighted by atomic mass is 16.4. The molecule has 0 unspecified atom stereocenters. The predicted octanol–water partition coefficient (Wildman–Crippen LogP) is 1.89. The van der Waals surface area contributed by atoms with Crippen molar-refractivity contribution in [1.29, 1.82) is 10.5 Å². The Kier molecular flexibility index (Phi) is 4.59. The zero-order valence-corrected chi connectivity index (χ0v) is 9.56. The normalized spacial score (nSPS) is 15.1. The molecule has 0 bridgehead atoms. The molecule has 86 valence electrons. The smallest absolute Gasteiger partial charge is 0.303 e. The molecule has 0 saturated carbocycles. The number of hydrogen-bond donors (Lipinski definition) is 1. The van der Waals surface area contributed by atoms with E-state index in [1.54, 1.807) is 13.8 Å². The van der Waals surface area contributed by atoms with Crippen molar-refractivity contribution in [2.45, 2.75) is 44.7 Å². The number of nitriles is 2. The molecule has 6 nitrogen and oxygen atoms in total. The molecule has 16 heavy (non-hydrogen) atoms. The van der Waals surface area contributed by atoms with E-state index in [1.165, 1.54) is 6.92 Å². The number of carboxylic acid groups (broad SMARTS) is 1. The predicted molar refractivity (Wildman–Crippen MR) is 55.4 cm³/mol. The van der Waals surface area contributed by atoms with Crippen LogP contribution in [-0.2, 0) is 4.79 Å². The molecular weight excluding hydrogens is 208 g/mol. The lowest BCUT2D eigenvalue weighted by Gasteiger charge is -2.15. The SMILES string of the molecule is CC(C)(C#N)N=N[C@](C)(C#N)CCC(=O)O. The van der Waals surface area contributed by atoms with Gasteiger partial charge in [0.15, 0.2) is 11.1 Å². The molecule has 0 aromatic heterocycles. The zero-order chi connectivity index (χ0) is 12.8. The molecule has 6 heteroatoms. The van der Waals surface area contributed by atoms with Crippen molar-refractivity contribution in [3.63, 3.8) is 0 Å². The Labute approximate surface area is 94.2 Å². The Morgan fingerprint density at radius 3 is 2.19 bits per heavy atom. The highest BCUT2D eigenvalue weighted by Gasteiger charge is 2.26. The fraction of sp³-hybridized carbons (Fsp3) is 0.700. The third-order valence-electron chi connectivity index (χ3n) is 1.86. The van der Waals surface area contributed by atoms with Crippen molar-refractivity contribution in [2.24, 2.45) is 10.2 Å². The molecule has 0 radical (unpaired) electrons. The maximum Gasteiger partial charge on any atom is 0.303 e. The fourth-order valence-corrected chi connectivity index (χ4v) is 0.736. The van der Waals surface area contributed by atoms with E-state index in [4.69, 9.17) is 15.6 Å². The van der Waals surface area contributed by atoms with Gasteiger partial charge in [-0.1, -0.05) is 0 Å². The molecule has 0 rings (SSSR count). The van der Waals surface area contributed by atoms with Gasteiger partial charge in [0, 0.05) is 6.42 Å². The summed E-state index contributed by atoms with van der Waals surface area (Å²) in [5, 5.41) is 33.6. The number of hydrogen-bond acceptors (Lipinski definition) is 5.